The monoisotopic (exact) mass is 1120 g/mol. The molecule has 1 aliphatic heterocycles. The van der Waals surface area contributed by atoms with Crippen LogP contribution in [0.2, 0.25) is 10.0 Å². The van der Waals surface area contributed by atoms with Crippen LogP contribution >= 0.6 is 23.2 Å². The van der Waals surface area contributed by atoms with Crippen molar-refractivity contribution in [1.29, 1.82) is 0 Å². The summed E-state index contributed by atoms with van der Waals surface area (Å²) in [5.41, 5.74) is 19.5. The van der Waals surface area contributed by atoms with Crippen LogP contribution in [0.4, 0.5) is 0 Å². The molecule has 0 radical (unpaired) electrons. The van der Waals surface area contributed by atoms with E-state index in [0.29, 0.717) is 42.4 Å². The van der Waals surface area contributed by atoms with Crippen LogP contribution in [0.3, 0.4) is 0 Å². The number of aliphatic imine (C=N–C) groups is 1. The molecule has 1 saturated heterocycles. The fourth-order valence-electron chi connectivity index (χ4n) is 8.85. The topological polar surface area (TPSA) is 356 Å². The highest BCUT2D eigenvalue weighted by atomic mass is 35.5. The van der Waals surface area contributed by atoms with Gasteiger partial charge in [0.05, 0.1) is 10.0 Å². The number of carbonyl (C=O) groups excluding carboxylic acids is 9. The molecule has 5 rings (SSSR count). The molecule has 0 unspecified atom stereocenters. The number of aromatic nitrogens is 1. The van der Waals surface area contributed by atoms with Gasteiger partial charge in [0.15, 0.2) is 5.96 Å². The first kappa shape index (κ1) is 61.1. The molecule has 0 bridgehead atoms. The molecule has 78 heavy (non-hydrogen) atoms. The van der Waals surface area contributed by atoms with Crippen LogP contribution in [0.1, 0.15) is 94.7 Å². The molecule has 420 valence electrons. The Morgan fingerprint density at radius 3 is 2.00 bits per heavy atom. The number of hydrogen-bond acceptors (Lipinski definition) is 10. The van der Waals surface area contributed by atoms with E-state index >= 15 is 0 Å². The molecule has 15 N–H and O–H groups in total. The van der Waals surface area contributed by atoms with Gasteiger partial charge in [0.1, 0.15) is 42.3 Å². The zero-order valence-corrected chi connectivity index (χ0v) is 45.3. The number of nitrogens with two attached hydrogens (primary N) is 3. The van der Waals surface area contributed by atoms with E-state index in [9.17, 15) is 43.2 Å². The molecular formula is C54H71Cl2N13O9. The average molecular weight is 1120 g/mol. The Kier molecular flexibility index (Phi) is 24.2. The number of nitrogens with one attached hydrogen (secondary N) is 9. The van der Waals surface area contributed by atoms with Gasteiger partial charge in [0.2, 0.25) is 53.2 Å². The first-order chi connectivity index (χ1) is 37.3. The number of aromatic amines is 1. The average Bonchev–Trinajstić information content (AvgIpc) is 3.86. The lowest BCUT2D eigenvalue weighted by Crippen LogP contribution is -2.61. The molecular weight excluding hydrogens is 1050 g/mol. The van der Waals surface area contributed by atoms with Crippen LogP contribution in [0.25, 0.3) is 10.9 Å². The number of amides is 9. The number of unbranched alkanes of at least 4 members (excludes halogenated alkanes) is 1. The number of fused-ring (bicyclic) bond motifs is 1. The van der Waals surface area contributed by atoms with Crippen molar-refractivity contribution < 1.29 is 43.2 Å². The zero-order chi connectivity index (χ0) is 56.7. The Bertz CT molecular complexity index is 2770. The maximum Gasteiger partial charge on any atom is 0.243 e. The van der Waals surface area contributed by atoms with Gasteiger partial charge in [-0.1, -0.05) is 97.6 Å². The van der Waals surface area contributed by atoms with E-state index in [4.69, 9.17) is 40.4 Å². The minimum atomic E-state index is -1.47. The van der Waals surface area contributed by atoms with Gasteiger partial charge in [-0.25, -0.2) is 0 Å². The molecule has 1 fully saturated rings. The minimum Gasteiger partial charge on any atom is -0.370 e. The van der Waals surface area contributed by atoms with Crippen molar-refractivity contribution in [1.82, 2.24) is 47.5 Å². The predicted octanol–water partition coefficient (Wildman–Crippen LogP) is 1.73. The number of guanidine groups is 1. The minimum absolute atomic E-state index is 0.0551. The Morgan fingerprint density at radius 2 is 1.33 bits per heavy atom. The van der Waals surface area contributed by atoms with Crippen LogP contribution in [0.5, 0.6) is 0 Å². The molecule has 3 aromatic carbocycles. The van der Waals surface area contributed by atoms with Crippen LogP contribution in [-0.4, -0.2) is 119 Å². The van der Waals surface area contributed by atoms with Crippen molar-refractivity contribution in [3.05, 3.63) is 106 Å². The molecule has 24 heteroatoms. The fourth-order valence-corrected chi connectivity index (χ4v) is 9.17. The van der Waals surface area contributed by atoms with Gasteiger partial charge in [-0.3, -0.25) is 48.1 Å². The maximum absolute atomic E-state index is 14.9. The summed E-state index contributed by atoms with van der Waals surface area (Å²) in [5.74, 6) is -6.83. The number of rotatable bonds is 17. The summed E-state index contributed by atoms with van der Waals surface area (Å²) in [5, 5.41) is 23.0. The van der Waals surface area contributed by atoms with Crippen LogP contribution in [0, 0.1) is 0 Å². The summed E-state index contributed by atoms with van der Waals surface area (Å²) >= 11 is 12.7. The van der Waals surface area contributed by atoms with Crippen molar-refractivity contribution >= 4 is 93.2 Å². The molecule has 0 saturated carbocycles. The molecule has 1 aliphatic rings. The maximum atomic E-state index is 14.9. The Hall–Kier alpha value is -7.72. The number of nitrogens with zero attached hydrogens (tertiary/aromatic N) is 1. The van der Waals surface area contributed by atoms with Crippen molar-refractivity contribution in [2.75, 3.05) is 13.1 Å². The Morgan fingerprint density at radius 1 is 0.705 bits per heavy atom. The standard InChI is InChI=1S/C54H71Cl2N13O9/c1-3-4-16-40(63-31(2)70)48(73)66-42-22-23-46(71)60-24-11-10-18-39(47(57)72)64-53(78)45(29-34-30-62-38-17-9-8-15-35(34)38)69-49(74)41(19-12-25-61-54(58)59)65-51(76)43(27-32-13-6-5-7-14-32)68-52(77)44(67-50(42)75)28-33-20-21-36(55)37(56)26-33/h5-9,13-15,17,20-21,26,30,39-45,62H,3-4,10-12,16,18-19,22-25,27-29H2,1-2H3,(H2,57,72)(H,60,71)(H,63,70)(H,64,78)(H,65,76)(H,66,73)(H,67,75)(H,68,77)(H,69,74)(H4,58,59,61)/t39-,40-,41-,42-,43+,44-,45-/m0/s1. The van der Waals surface area contributed by atoms with Gasteiger partial charge in [0, 0.05) is 62.8 Å². The van der Waals surface area contributed by atoms with E-state index in [1.54, 1.807) is 42.6 Å². The summed E-state index contributed by atoms with van der Waals surface area (Å²) < 4.78 is 0. The zero-order valence-electron chi connectivity index (χ0n) is 43.8. The number of halogens is 2. The lowest BCUT2D eigenvalue weighted by atomic mass is 10.0. The predicted molar refractivity (Wildman–Crippen MR) is 296 cm³/mol. The Labute approximate surface area is 462 Å². The lowest BCUT2D eigenvalue weighted by molar-refractivity contribution is -0.136. The largest absolute Gasteiger partial charge is 0.370 e. The molecule has 7 atom stereocenters. The van der Waals surface area contributed by atoms with Gasteiger partial charge in [-0.2, -0.15) is 0 Å². The number of para-hydroxylation sites is 1. The lowest BCUT2D eigenvalue weighted by Gasteiger charge is -2.28. The highest BCUT2D eigenvalue weighted by molar-refractivity contribution is 6.42. The summed E-state index contributed by atoms with van der Waals surface area (Å²) in [4.78, 5) is 133. The molecule has 0 spiro atoms. The Balaban J connectivity index is 1.57. The molecule has 4 aromatic rings. The first-order valence-electron chi connectivity index (χ1n) is 26.0. The molecule has 0 aliphatic carbocycles. The van der Waals surface area contributed by atoms with Crippen molar-refractivity contribution in [2.45, 2.75) is 140 Å². The molecule has 22 nitrogen and oxygen atoms in total. The number of hydrogen-bond donors (Lipinski definition) is 12. The van der Waals surface area contributed by atoms with Crippen LogP contribution < -0.4 is 59.7 Å². The van der Waals surface area contributed by atoms with Crippen LogP contribution in [-0.2, 0) is 62.4 Å². The normalized spacial score (nSPS) is 21.0. The van der Waals surface area contributed by atoms with Gasteiger partial charge < -0.3 is 64.7 Å². The molecule has 1 aromatic heterocycles. The molecule has 9 amide bonds. The number of H-pyrrole nitrogens is 1. The van der Waals surface area contributed by atoms with E-state index in [2.05, 4.69) is 52.5 Å². The van der Waals surface area contributed by atoms with Crippen molar-refractivity contribution in [2.24, 2.45) is 22.2 Å². The highest BCUT2D eigenvalue weighted by Crippen LogP contribution is 2.24. The fraction of sp³-hybridized carbons (Fsp3) is 0.444. The number of benzene rings is 3. The third kappa shape index (κ3) is 19.7. The first-order valence-corrected chi connectivity index (χ1v) is 26.8. The third-order valence-corrected chi connectivity index (χ3v) is 13.8. The summed E-state index contributed by atoms with van der Waals surface area (Å²) in [7, 11) is 0. The van der Waals surface area contributed by atoms with Crippen molar-refractivity contribution in [3.8, 4) is 0 Å². The second-order valence-electron chi connectivity index (χ2n) is 19.2. The van der Waals surface area contributed by atoms with Gasteiger partial charge in [-0.05, 0) is 79.8 Å². The van der Waals surface area contributed by atoms with E-state index < -0.39 is 95.5 Å². The van der Waals surface area contributed by atoms with E-state index in [1.807, 2.05) is 31.2 Å². The molecule has 2 heterocycles. The summed E-state index contributed by atoms with van der Waals surface area (Å²) in [6, 6.07) is 11.4. The number of carbonyl (C=O) groups is 9. The van der Waals surface area contributed by atoms with E-state index in [1.165, 1.54) is 19.1 Å². The second kappa shape index (κ2) is 30.9. The quantitative estimate of drug-likeness (QED) is 0.0410. The summed E-state index contributed by atoms with van der Waals surface area (Å²) in [6.45, 7) is 3.34. The van der Waals surface area contributed by atoms with Crippen LogP contribution in [0.15, 0.2) is 84.0 Å². The second-order valence-corrected chi connectivity index (χ2v) is 20.0. The van der Waals surface area contributed by atoms with E-state index in [0.717, 1.165) is 10.9 Å². The highest BCUT2D eigenvalue weighted by Gasteiger charge is 2.35. The smallest absolute Gasteiger partial charge is 0.243 e. The van der Waals surface area contributed by atoms with Crippen molar-refractivity contribution in [3.63, 3.8) is 0 Å². The van der Waals surface area contributed by atoms with E-state index in [-0.39, 0.29) is 86.9 Å². The van der Waals surface area contributed by atoms with Gasteiger partial charge in [0.25, 0.3) is 0 Å². The van der Waals surface area contributed by atoms with Gasteiger partial charge >= 0.3 is 0 Å². The SMILES string of the molecule is CCCC[C@H](NC(C)=O)C(=O)N[C@H]1CCC(=O)NCCCC[C@@H](C(N)=O)NC(=O)[C@H](Cc2c[nH]c3ccccc23)NC(=O)[C@H](CCCN=C(N)N)NC(=O)[C@@H](Cc2ccccc2)NC(=O)[C@H](Cc2ccc(Cl)c(Cl)c2)NC1=O. The third-order valence-electron chi connectivity index (χ3n) is 13.0. The number of primary amides is 1. The summed E-state index contributed by atoms with van der Waals surface area (Å²) in [6.07, 6.45) is 3.05. The van der Waals surface area contributed by atoms with Gasteiger partial charge in [-0.15, -0.1) is 0 Å².